The Morgan fingerprint density at radius 1 is 0.722 bits per heavy atom. The second kappa shape index (κ2) is 21.6. The van der Waals surface area contributed by atoms with Gasteiger partial charge >= 0.3 is 5.97 Å². The van der Waals surface area contributed by atoms with Gasteiger partial charge in [0.1, 0.15) is 34.8 Å². The number of pyridine rings is 1. The number of thioether (sulfide) groups is 2. The topological polar surface area (TPSA) is 138 Å². The molecule has 0 spiro atoms. The molecule has 2 amide bonds. The maximum atomic E-state index is 14.1. The molecule has 1 fully saturated rings. The van der Waals surface area contributed by atoms with Crippen molar-refractivity contribution in [3.05, 3.63) is 263 Å². The molecule has 12 nitrogen and oxygen atoms in total. The molecule has 6 aromatic carbocycles. The van der Waals surface area contributed by atoms with Crippen LogP contribution in [0.15, 0.2) is 234 Å². The molecule has 10 rings (SSSR count). The van der Waals surface area contributed by atoms with Crippen LogP contribution in [0.4, 0.5) is 5.13 Å². The number of carbonyl (C=O) groups is 3. The number of nitrogens with zero attached hydrogens (tertiary/aromatic N) is 4. The Hall–Kier alpha value is -7.98. The molecule has 15 heteroatoms. The molecule has 8 aromatic rings. The van der Waals surface area contributed by atoms with Crippen molar-refractivity contribution in [1.82, 2.24) is 15.2 Å². The van der Waals surface area contributed by atoms with Crippen LogP contribution in [0, 0.1) is 0 Å². The summed E-state index contributed by atoms with van der Waals surface area (Å²) in [5, 5.41) is 12.4. The van der Waals surface area contributed by atoms with Crippen molar-refractivity contribution in [2.24, 2.45) is 5.16 Å². The smallest absolute Gasteiger partial charge is 0.355 e. The number of nitrogens with one attached hydrogen (secondary N) is 3. The van der Waals surface area contributed by atoms with Crippen LogP contribution in [-0.2, 0) is 35.1 Å². The number of aromatic nitrogens is 2. The Morgan fingerprint density at radius 2 is 1.21 bits per heavy atom. The number of thiazole rings is 1. The van der Waals surface area contributed by atoms with Gasteiger partial charge in [0.2, 0.25) is 18.0 Å². The first-order chi connectivity index (χ1) is 35.4. The summed E-state index contributed by atoms with van der Waals surface area (Å²) in [6, 6.07) is 62.6. The van der Waals surface area contributed by atoms with E-state index in [0.717, 1.165) is 44.5 Å². The van der Waals surface area contributed by atoms with E-state index in [2.05, 4.69) is 57.6 Å². The standard InChI is InChI=1S/C57H47N7O5S3/c1-58-63-34-32-46(33-35-63)71-39-68-54(67)48-36-49(47-38-70-55(60-47)62-56(40-20-8-2-9-21-40,41-22-10-3-11-23-41)42-24-12-4-13-25-42)72-53-51(52(66)64(48)53)61-50(65)37-59-69-57(43-26-14-5-15-27-43,44-28-16-6-17-29-44)45-30-18-7-19-31-45/h2-38,49,51,53,58H,39H2,1H3,(H-,60,61,62,65)/p+1/b59-37-/t49?,51?,53-/m0/s1. The number of hydrogen-bond donors (Lipinski definition) is 3. The minimum absolute atomic E-state index is 0.00260. The molecule has 0 radical (unpaired) electrons. The van der Waals surface area contributed by atoms with Gasteiger partial charge in [0.25, 0.3) is 11.8 Å². The summed E-state index contributed by atoms with van der Waals surface area (Å²) in [7, 11) is 1.81. The fourth-order valence-corrected chi connectivity index (χ4v) is 12.0. The quantitative estimate of drug-likeness (QED) is 0.0111. The maximum Gasteiger partial charge on any atom is 0.355 e. The highest BCUT2D eigenvalue weighted by Crippen LogP contribution is 2.49. The highest BCUT2D eigenvalue weighted by Gasteiger charge is 2.55. The lowest BCUT2D eigenvalue weighted by molar-refractivity contribution is -0.647. The van der Waals surface area contributed by atoms with Gasteiger partial charge in [-0.3, -0.25) is 14.5 Å². The first-order valence-electron chi connectivity index (χ1n) is 23.2. The van der Waals surface area contributed by atoms with Gasteiger partial charge < -0.3 is 20.2 Å². The Kier molecular flexibility index (Phi) is 14.3. The number of rotatable bonds is 18. The summed E-state index contributed by atoms with van der Waals surface area (Å²) in [4.78, 5) is 56.1. The molecule has 0 saturated carbocycles. The van der Waals surface area contributed by atoms with E-state index in [9.17, 15) is 14.4 Å². The van der Waals surface area contributed by atoms with Crippen LogP contribution in [0.2, 0.25) is 0 Å². The summed E-state index contributed by atoms with van der Waals surface area (Å²) in [6.45, 7) is 0. The largest absolute Gasteiger partial charge is 0.450 e. The van der Waals surface area contributed by atoms with Gasteiger partial charge in [-0.25, -0.2) is 9.78 Å². The molecule has 0 aliphatic carbocycles. The fourth-order valence-electron chi connectivity index (χ4n) is 9.05. The van der Waals surface area contributed by atoms with E-state index < -0.39 is 45.6 Å². The first kappa shape index (κ1) is 47.7. The molecule has 1 saturated heterocycles. The predicted molar refractivity (Wildman–Crippen MR) is 283 cm³/mol. The molecule has 3 N–H and O–H groups in total. The molecule has 3 atom stereocenters. The van der Waals surface area contributed by atoms with E-state index in [1.54, 1.807) is 10.8 Å². The number of carbonyl (C=O) groups excluding carboxylic acids is 3. The van der Waals surface area contributed by atoms with E-state index in [1.165, 1.54) is 39.8 Å². The molecule has 2 aromatic heterocycles. The van der Waals surface area contributed by atoms with Gasteiger partial charge in [-0.1, -0.05) is 204 Å². The number of hydrogen-bond acceptors (Lipinski definition) is 12. The predicted octanol–water partition coefficient (Wildman–Crippen LogP) is 9.62. The van der Waals surface area contributed by atoms with Crippen LogP contribution < -0.4 is 20.7 Å². The van der Waals surface area contributed by atoms with E-state index >= 15 is 0 Å². The van der Waals surface area contributed by atoms with Crippen LogP contribution in [0.3, 0.4) is 0 Å². The highest BCUT2D eigenvalue weighted by molar-refractivity contribution is 8.00. The summed E-state index contributed by atoms with van der Waals surface area (Å²) in [6.07, 6.45) is 6.49. The Morgan fingerprint density at radius 3 is 1.69 bits per heavy atom. The van der Waals surface area contributed by atoms with Gasteiger partial charge in [0.05, 0.1) is 18.0 Å². The van der Waals surface area contributed by atoms with Crippen molar-refractivity contribution in [2.75, 3.05) is 23.7 Å². The normalized spacial score (nSPS) is 16.5. The third kappa shape index (κ3) is 9.61. The van der Waals surface area contributed by atoms with Crippen LogP contribution in [0.5, 0.6) is 0 Å². The summed E-state index contributed by atoms with van der Waals surface area (Å²) in [5.41, 5.74) is 7.19. The number of amides is 2. The number of β-lactam (4-membered cyclic amide) rings is 1. The zero-order valence-corrected chi connectivity index (χ0v) is 41.3. The Bertz CT molecular complexity index is 2990. The second-order valence-corrected chi connectivity index (χ2v) is 19.8. The van der Waals surface area contributed by atoms with Crippen molar-refractivity contribution in [1.29, 1.82) is 0 Å². The lowest BCUT2D eigenvalue weighted by Crippen LogP contribution is -2.70. The van der Waals surface area contributed by atoms with Crippen molar-refractivity contribution in [3.63, 3.8) is 0 Å². The zero-order chi connectivity index (χ0) is 49.3. The SMILES string of the molecule is CN[n+]1ccc(SCOC(=O)C2=CC(c3csc(NC(c4ccccc4)(c4ccccc4)c4ccccc4)n3)S[C@H]3C(NC(=O)/C=N\OC(c4ccccc4)(c4ccccc4)c4ccccc4)C(=O)N23)cc1. The molecule has 2 aliphatic heterocycles. The average Bonchev–Trinajstić information content (AvgIpc) is 3.92. The molecular weight excluding hydrogens is 959 g/mol. The minimum atomic E-state index is -1.21. The fraction of sp³-hybridized carbons (Fsp3) is 0.123. The average molecular weight is 1010 g/mol. The van der Waals surface area contributed by atoms with Gasteiger partial charge in [0, 0.05) is 39.1 Å². The number of esters is 1. The van der Waals surface area contributed by atoms with E-state index in [1.807, 2.05) is 183 Å². The van der Waals surface area contributed by atoms with Crippen LogP contribution in [0.25, 0.3) is 0 Å². The summed E-state index contributed by atoms with van der Waals surface area (Å²) >= 11 is 4.20. The van der Waals surface area contributed by atoms with E-state index in [-0.39, 0.29) is 11.6 Å². The lowest BCUT2D eigenvalue weighted by Gasteiger charge is -2.49. The summed E-state index contributed by atoms with van der Waals surface area (Å²) in [5.74, 6) is -1.78. The Balaban J connectivity index is 0.934. The lowest BCUT2D eigenvalue weighted by atomic mass is 9.77. The van der Waals surface area contributed by atoms with Crippen molar-refractivity contribution >= 4 is 64.0 Å². The minimum Gasteiger partial charge on any atom is -0.450 e. The molecule has 358 valence electrons. The van der Waals surface area contributed by atoms with E-state index in [4.69, 9.17) is 14.6 Å². The highest BCUT2D eigenvalue weighted by atomic mass is 32.2. The number of fused-ring (bicyclic) bond motifs is 1. The first-order valence-corrected chi connectivity index (χ1v) is 26.0. The Labute approximate surface area is 429 Å². The molecular formula is C57H48N7O5S3+. The third-order valence-electron chi connectivity index (χ3n) is 12.5. The van der Waals surface area contributed by atoms with Crippen LogP contribution in [0.1, 0.15) is 44.3 Å². The number of oxime groups is 1. The molecule has 4 heterocycles. The van der Waals surface area contributed by atoms with Gasteiger partial charge in [-0.05, 0) is 22.8 Å². The van der Waals surface area contributed by atoms with Crippen LogP contribution in [-0.4, -0.2) is 58.3 Å². The third-order valence-corrected chi connectivity index (χ3v) is 15.6. The second-order valence-electron chi connectivity index (χ2n) is 16.7. The molecule has 0 bridgehead atoms. The van der Waals surface area contributed by atoms with Gasteiger partial charge in [0.15, 0.2) is 5.13 Å². The molecule has 2 unspecified atom stereocenters. The number of ether oxygens (including phenoxy) is 1. The van der Waals surface area contributed by atoms with Gasteiger partial charge in [-0.2, -0.15) is 5.43 Å². The summed E-state index contributed by atoms with van der Waals surface area (Å²) < 4.78 is 7.62. The number of benzene rings is 6. The molecule has 2 aliphatic rings. The van der Waals surface area contributed by atoms with Crippen molar-refractivity contribution < 1.29 is 28.6 Å². The molecule has 72 heavy (non-hydrogen) atoms. The van der Waals surface area contributed by atoms with E-state index in [0.29, 0.717) is 10.8 Å². The zero-order valence-electron chi connectivity index (χ0n) is 38.9. The van der Waals surface area contributed by atoms with Crippen LogP contribution >= 0.6 is 34.9 Å². The van der Waals surface area contributed by atoms with Gasteiger partial charge in [-0.15, -0.1) is 23.1 Å². The number of anilines is 1. The monoisotopic (exact) mass is 1010 g/mol. The van der Waals surface area contributed by atoms with Crippen molar-refractivity contribution in [3.8, 4) is 0 Å². The van der Waals surface area contributed by atoms with Crippen molar-refractivity contribution in [2.45, 2.75) is 32.7 Å². The maximum absolute atomic E-state index is 14.1.